The predicted molar refractivity (Wildman–Crippen MR) is 90.4 cm³/mol. The Bertz CT molecular complexity index is 759. The minimum absolute atomic E-state index is 0.0771. The first kappa shape index (κ1) is 18.2. The van der Waals surface area contributed by atoms with E-state index in [1.165, 1.54) is 36.3 Å². The molecule has 0 unspecified atom stereocenters. The van der Waals surface area contributed by atoms with Crippen LogP contribution in [0.1, 0.15) is 36.5 Å². The number of rotatable bonds is 3. The van der Waals surface area contributed by atoms with Gasteiger partial charge in [-0.1, -0.05) is 0 Å². The molecular formula is C18H20N2O6. The summed E-state index contributed by atoms with van der Waals surface area (Å²) in [6.45, 7) is 1.78. The molecule has 1 heterocycles. The number of Topliss-reactive ketones (excluding diaryl/α,β-unsaturated/α-hetero) is 1. The lowest BCUT2D eigenvalue weighted by Crippen LogP contribution is -2.58. The van der Waals surface area contributed by atoms with Crippen LogP contribution in [0.25, 0.3) is 0 Å². The highest BCUT2D eigenvalue weighted by molar-refractivity contribution is 6.06. The van der Waals surface area contributed by atoms with Gasteiger partial charge in [0.15, 0.2) is 0 Å². The van der Waals surface area contributed by atoms with E-state index in [0.717, 1.165) is 0 Å². The number of likely N-dealkylation sites (tertiary alicyclic amines) is 1. The Morgan fingerprint density at radius 2 is 1.88 bits per heavy atom. The number of carbonyl (C=O) groups is 3. The molecule has 1 aliphatic heterocycles. The van der Waals surface area contributed by atoms with E-state index in [1.54, 1.807) is 6.92 Å². The van der Waals surface area contributed by atoms with Gasteiger partial charge in [-0.2, -0.15) is 0 Å². The molecule has 1 saturated carbocycles. The summed E-state index contributed by atoms with van der Waals surface area (Å²) in [6, 6.07) is 4.84. The molecule has 0 N–H and O–H groups in total. The van der Waals surface area contributed by atoms with Crippen LogP contribution in [0.5, 0.6) is 0 Å². The molecule has 8 nitrogen and oxygen atoms in total. The maximum Gasteiger partial charge on any atom is 0.269 e. The molecule has 2 aliphatic rings. The molecule has 2 fully saturated rings. The summed E-state index contributed by atoms with van der Waals surface area (Å²) >= 11 is 0. The summed E-state index contributed by atoms with van der Waals surface area (Å²) < 4.78 is 5.36. The third-order valence-electron chi connectivity index (χ3n) is 5.28. The third-order valence-corrected chi connectivity index (χ3v) is 5.28. The summed E-state index contributed by atoms with van der Waals surface area (Å²) in [5.41, 5.74) is 0.0972. The highest BCUT2D eigenvalue weighted by atomic mass is 16.6. The lowest BCUT2D eigenvalue weighted by Gasteiger charge is -2.45. The maximum atomic E-state index is 13.0. The average Bonchev–Trinajstić information content (AvgIpc) is 2.60. The molecule has 4 atom stereocenters. The fourth-order valence-electron chi connectivity index (χ4n) is 4.06. The number of benzene rings is 1. The Kier molecular flexibility index (Phi) is 4.86. The Morgan fingerprint density at radius 1 is 1.23 bits per heavy atom. The maximum absolute atomic E-state index is 13.0. The predicted octanol–water partition coefficient (Wildman–Crippen LogP) is 1.97. The number of nitro benzene ring substituents is 1. The van der Waals surface area contributed by atoms with Crippen LogP contribution in [0.3, 0.4) is 0 Å². The van der Waals surface area contributed by atoms with Crippen LogP contribution >= 0.6 is 0 Å². The minimum atomic E-state index is -0.546. The fourth-order valence-corrected chi connectivity index (χ4v) is 4.06. The quantitative estimate of drug-likeness (QED) is 0.463. The van der Waals surface area contributed by atoms with E-state index in [4.69, 9.17) is 4.74 Å². The van der Waals surface area contributed by atoms with Crippen molar-refractivity contribution in [2.75, 3.05) is 7.11 Å². The number of hydrogen-bond acceptors (Lipinski definition) is 6. The molecular weight excluding hydrogens is 340 g/mol. The smallest absolute Gasteiger partial charge is 0.269 e. The van der Waals surface area contributed by atoms with E-state index < -0.39 is 22.9 Å². The number of methoxy groups -OCH3 is 1. The van der Waals surface area contributed by atoms with Gasteiger partial charge in [0.05, 0.1) is 16.9 Å². The largest absolute Gasteiger partial charge is 0.380 e. The van der Waals surface area contributed by atoms with Gasteiger partial charge in [-0.05, 0) is 31.4 Å². The first-order valence-corrected chi connectivity index (χ1v) is 8.49. The summed E-state index contributed by atoms with van der Waals surface area (Å²) in [4.78, 5) is 49.2. The Balaban J connectivity index is 1.87. The molecule has 1 aromatic rings. The van der Waals surface area contributed by atoms with Crippen LogP contribution in [-0.4, -0.2) is 46.7 Å². The summed E-state index contributed by atoms with van der Waals surface area (Å²) in [5.74, 6) is -1.38. The second-order valence-corrected chi connectivity index (χ2v) is 6.91. The lowest BCUT2D eigenvalue weighted by molar-refractivity contribution is -0.384. The van der Waals surface area contributed by atoms with Gasteiger partial charge in [0.1, 0.15) is 5.78 Å². The van der Waals surface area contributed by atoms with Crippen molar-refractivity contribution in [2.45, 2.75) is 38.3 Å². The molecule has 26 heavy (non-hydrogen) atoms. The molecule has 1 aliphatic carbocycles. The molecule has 3 rings (SSSR count). The van der Waals surface area contributed by atoms with Gasteiger partial charge in [-0.15, -0.1) is 0 Å². The van der Waals surface area contributed by atoms with Crippen LogP contribution in [0.4, 0.5) is 5.69 Å². The molecule has 0 bridgehead atoms. The first-order chi connectivity index (χ1) is 12.3. The second-order valence-electron chi connectivity index (χ2n) is 6.91. The van der Waals surface area contributed by atoms with Gasteiger partial charge in [-0.3, -0.25) is 29.4 Å². The molecule has 138 valence electrons. The zero-order valence-electron chi connectivity index (χ0n) is 14.6. The monoisotopic (exact) mass is 360 g/mol. The lowest BCUT2D eigenvalue weighted by atomic mass is 9.70. The molecule has 0 spiro atoms. The number of imide groups is 1. The van der Waals surface area contributed by atoms with Gasteiger partial charge >= 0.3 is 0 Å². The van der Waals surface area contributed by atoms with Crippen LogP contribution < -0.4 is 0 Å². The van der Waals surface area contributed by atoms with Crippen molar-refractivity contribution in [3.63, 3.8) is 0 Å². The van der Waals surface area contributed by atoms with Gasteiger partial charge in [0.2, 0.25) is 5.91 Å². The number of amides is 2. The van der Waals surface area contributed by atoms with Crippen molar-refractivity contribution in [2.24, 2.45) is 11.8 Å². The van der Waals surface area contributed by atoms with Crippen molar-refractivity contribution in [3.8, 4) is 0 Å². The van der Waals surface area contributed by atoms with E-state index in [1.807, 2.05) is 0 Å². The van der Waals surface area contributed by atoms with Crippen LogP contribution in [-0.2, 0) is 14.3 Å². The van der Waals surface area contributed by atoms with Crippen molar-refractivity contribution in [1.29, 1.82) is 0 Å². The van der Waals surface area contributed by atoms with Crippen molar-refractivity contribution < 1.29 is 24.0 Å². The number of nitro groups is 1. The van der Waals surface area contributed by atoms with Crippen molar-refractivity contribution >= 4 is 23.3 Å². The first-order valence-electron chi connectivity index (χ1n) is 8.49. The molecule has 0 aromatic heterocycles. The number of nitrogens with zero attached hydrogens (tertiary/aromatic N) is 2. The van der Waals surface area contributed by atoms with Crippen LogP contribution in [0.2, 0.25) is 0 Å². The van der Waals surface area contributed by atoms with E-state index in [-0.39, 0.29) is 41.3 Å². The van der Waals surface area contributed by atoms with Gasteiger partial charge in [0.25, 0.3) is 11.6 Å². The average molecular weight is 360 g/mol. The van der Waals surface area contributed by atoms with Crippen molar-refractivity contribution in [1.82, 2.24) is 4.90 Å². The second kappa shape index (κ2) is 6.95. The Labute approximate surface area is 150 Å². The zero-order chi connectivity index (χ0) is 19.0. The van der Waals surface area contributed by atoms with Gasteiger partial charge in [-0.25, -0.2) is 0 Å². The third kappa shape index (κ3) is 3.12. The topological polar surface area (TPSA) is 107 Å². The molecule has 8 heteroatoms. The number of fused-ring (bicyclic) bond motifs is 1. The van der Waals surface area contributed by atoms with E-state index in [2.05, 4.69) is 0 Å². The van der Waals surface area contributed by atoms with Crippen LogP contribution in [0, 0.1) is 22.0 Å². The normalized spacial score (nSPS) is 28.6. The SMILES string of the molecule is CO[C@@H]1CC(=O)C[C@@H]2C[C@@H](C)N(C(=O)c3ccc([N+](=O)[O-])cc3)C(=O)[C@@H]21. The van der Waals surface area contributed by atoms with Crippen molar-refractivity contribution in [3.05, 3.63) is 39.9 Å². The van der Waals surface area contributed by atoms with Gasteiger partial charge < -0.3 is 4.74 Å². The number of ether oxygens (including phenoxy) is 1. The standard InChI is InChI=1S/C18H20N2O6/c1-10-7-12-8-14(21)9-15(26-2)16(12)18(23)19(10)17(22)11-3-5-13(6-4-11)20(24)25/h3-6,10,12,15-16H,7-9H2,1-2H3/t10-,12+,15-,16+/m1/s1. The Hall–Kier alpha value is -2.61. The fraction of sp³-hybridized carbons (Fsp3) is 0.500. The molecule has 1 saturated heterocycles. The summed E-state index contributed by atoms with van der Waals surface area (Å²) in [6.07, 6.45) is 0.534. The van der Waals surface area contributed by atoms with Crippen LogP contribution in [0.15, 0.2) is 24.3 Å². The number of ketones is 1. The molecule has 0 radical (unpaired) electrons. The van der Waals surface area contributed by atoms with E-state index in [0.29, 0.717) is 12.8 Å². The Morgan fingerprint density at radius 3 is 2.46 bits per heavy atom. The molecule has 1 aromatic carbocycles. The van der Waals surface area contributed by atoms with E-state index in [9.17, 15) is 24.5 Å². The number of carbonyl (C=O) groups excluding carboxylic acids is 3. The highest BCUT2D eigenvalue weighted by Gasteiger charge is 2.50. The number of non-ortho nitro benzene ring substituents is 1. The summed E-state index contributed by atoms with van der Waals surface area (Å²) in [7, 11) is 1.47. The minimum Gasteiger partial charge on any atom is -0.380 e. The number of piperidine rings is 1. The highest BCUT2D eigenvalue weighted by Crippen LogP contribution is 2.40. The molecule has 2 amide bonds. The number of hydrogen-bond donors (Lipinski definition) is 0. The zero-order valence-corrected chi connectivity index (χ0v) is 14.6. The van der Waals surface area contributed by atoms with Gasteiger partial charge in [0, 0.05) is 43.7 Å². The van der Waals surface area contributed by atoms with E-state index >= 15 is 0 Å². The summed E-state index contributed by atoms with van der Waals surface area (Å²) in [5, 5.41) is 10.8.